The number of hydrogen-bond donors (Lipinski definition) is 3. The number of aliphatic hydroxyl groups is 3. The van der Waals surface area contributed by atoms with Crippen molar-refractivity contribution in [1.82, 2.24) is 14.0 Å². The Morgan fingerprint density at radius 1 is 0.597 bits per heavy atom. The van der Waals surface area contributed by atoms with Gasteiger partial charge in [-0.2, -0.15) is 0 Å². The maximum atomic E-state index is 8.04. The van der Waals surface area contributed by atoms with E-state index in [1.165, 1.54) is 21.3 Å². The summed E-state index contributed by atoms with van der Waals surface area (Å²) in [5.74, 6) is 0. The molecule has 4 aliphatic rings. The van der Waals surface area contributed by atoms with Gasteiger partial charge >= 0.3 is 0 Å². The maximum Gasteiger partial charge on any atom is 0.259 e. The van der Waals surface area contributed by atoms with Crippen LogP contribution in [-0.2, 0) is 55.6 Å². The Morgan fingerprint density at radius 2 is 1.03 bits per heavy atom. The van der Waals surface area contributed by atoms with Gasteiger partial charge in [-0.15, -0.1) is 0 Å². The highest BCUT2D eigenvalue weighted by molar-refractivity contribution is 7.45. The van der Waals surface area contributed by atoms with E-state index in [0.29, 0.717) is 52.7 Å². The van der Waals surface area contributed by atoms with Gasteiger partial charge in [0.05, 0.1) is 55.9 Å². The molecule has 0 aromatic rings. The second-order valence-electron chi connectivity index (χ2n) is 19.8. The van der Waals surface area contributed by atoms with Gasteiger partial charge < -0.3 is 85.4 Å². The molecule has 2 bridgehead atoms. The molecule has 0 spiro atoms. The minimum absolute atomic E-state index is 0.0910. The van der Waals surface area contributed by atoms with E-state index in [4.69, 9.17) is 83.7 Å². The molecule has 3 N–H and O–H groups in total. The van der Waals surface area contributed by atoms with Gasteiger partial charge in [-0.3, -0.25) is 0 Å². The van der Waals surface area contributed by atoms with Gasteiger partial charge in [0.1, 0.15) is 49.8 Å². The molecular weight excluding hydrogens is 1050 g/mol. The molecule has 4 heterocycles. The summed E-state index contributed by atoms with van der Waals surface area (Å²) in [6.45, 7) is 57.3. The molecule has 4 fully saturated rings. The number of hydrogen-bond acceptors (Lipinski definition) is 18. The van der Waals surface area contributed by atoms with Crippen molar-refractivity contribution < 1.29 is 75.0 Å². The second-order valence-corrected chi connectivity index (χ2v) is 24.0. The Labute approximate surface area is 479 Å². The van der Waals surface area contributed by atoms with Crippen molar-refractivity contribution >= 4 is 25.6 Å². The number of ether oxygens (including phenoxy) is 6. The van der Waals surface area contributed by atoms with Crippen molar-refractivity contribution in [1.29, 1.82) is 4.29 Å². The fraction of sp³-hybridized carbons (Fsp3) is 0.943. The monoisotopic (exact) mass is 1170 g/mol. The predicted octanol–water partition coefficient (Wildman–Crippen LogP) is 9.79. The third-order valence-electron chi connectivity index (χ3n) is 11.8. The zero-order valence-electron chi connectivity index (χ0n) is 56.4. The highest BCUT2D eigenvalue weighted by Crippen LogP contribution is 2.55. The first-order chi connectivity index (χ1) is 39.3. The van der Waals surface area contributed by atoms with Gasteiger partial charge in [-0.1, -0.05) is 0 Å². The van der Waals surface area contributed by atoms with E-state index < -0.39 is 37.3 Å². The Bertz CT molecular complexity index is 1720. The molecule has 0 aromatic carbocycles. The molecule has 454 valence electrons. The zero-order chi connectivity index (χ0) is 64.0. The lowest BCUT2D eigenvalue weighted by Crippen LogP contribution is -2.44. The summed E-state index contributed by atoms with van der Waals surface area (Å²) in [6, 6.07) is 1.47. The fourth-order valence-corrected chi connectivity index (χ4v) is 14.1. The van der Waals surface area contributed by atoms with Crippen LogP contribution in [0.15, 0.2) is 0 Å². The third-order valence-corrected chi connectivity index (χ3v) is 18.2. The molecule has 3 unspecified atom stereocenters. The van der Waals surface area contributed by atoms with Crippen LogP contribution in [0, 0.1) is 19.7 Å². The first-order valence-corrected chi connectivity index (χ1v) is 29.9. The Balaban J connectivity index is 0. The second kappa shape index (κ2) is 42.8. The third kappa shape index (κ3) is 26.0. The topological polar surface area (TPSA) is 194 Å². The van der Waals surface area contributed by atoms with Crippen molar-refractivity contribution in [2.75, 3.05) is 81.1 Å². The quantitative estimate of drug-likeness (QED) is 0.0380. The van der Waals surface area contributed by atoms with E-state index >= 15 is 0 Å². The summed E-state index contributed by atoms with van der Waals surface area (Å²) in [5.41, 5.74) is -0.743. The van der Waals surface area contributed by atoms with Gasteiger partial charge in [0.15, 0.2) is 0 Å². The first kappa shape index (κ1) is 66.8. The molecule has 0 aliphatic carbocycles. The van der Waals surface area contributed by atoms with Crippen LogP contribution in [0.4, 0.5) is 0 Å². The molecular formula is C53H107N6O15P3. The minimum Gasteiger partial charge on any atom is -0.400 e. The molecule has 21 nitrogen and oxygen atoms in total. The Kier molecular flexibility index (Phi) is 37.1. The molecule has 4 rings (SSSR count). The first-order valence-electron chi connectivity index (χ1n) is 29.9. The van der Waals surface area contributed by atoms with Crippen molar-refractivity contribution in [3.8, 4) is 0 Å². The lowest BCUT2D eigenvalue weighted by Gasteiger charge is -2.38. The van der Waals surface area contributed by atoms with E-state index in [2.05, 4.69) is 127 Å². The van der Waals surface area contributed by atoms with E-state index in [1.807, 2.05) is 27.7 Å². The van der Waals surface area contributed by atoms with Gasteiger partial charge in [0.2, 0.25) is 23.9 Å². The summed E-state index contributed by atoms with van der Waals surface area (Å²) < 4.78 is 119. The van der Waals surface area contributed by atoms with E-state index in [9.17, 15) is 0 Å². The number of rotatable bonds is 28. The maximum absolute atomic E-state index is 8.04. The van der Waals surface area contributed by atoms with E-state index in [1.54, 1.807) is 7.11 Å². The summed E-state index contributed by atoms with van der Waals surface area (Å²) >= 11 is 0. The van der Waals surface area contributed by atoms with E-state index in [0.717, 1.165) is 6.42 Å². The summed E-state index contributed by atoms with van der Waals surface area (Å²) in [7, 11) is 1.48. The minimum atomic E-state index is -1.41. The predicted molar refractivity (Wildman–Crippen MR) is 308 cm³/mol. The number of nitrogens with zero attached hydrogens (tertiary/aromatic N) is 6. The van der Waals surface area contributed by atoms with Crippen LogP contribution >= 0.6 is 25.6 Å². The van der Waals surface area contributed by atoms with E-state index in [-0.39, 0.29) is 118 Å². The molecule has 15 atom stereocenters. The molecule has 0 amide bonds. The molecule has 4 saturated heterocycles. The van der Waals surface area contributed by atoms with Crippen LogP contribution in [0.2, 0.25) is 0 Å². The highest BCUT2D eigenvalue weighted by Gasteiger charge is 2.63. The Morgan fingerprint density at radius 3 is 1.42 bits per heavy atom. The van der Waals surface area contributed by atoms with Gasteiger partial charge in [0.25, 0.3) is 25.6 Å². The number of fused-ring (bicyclic) bond motifs is 2. The van der Waals surface area contributed by atoms with Crippen LogP contribution < -0.4 is 0 Å². The van der Waals surface area contributed by atoms with Crippen LogP contribution in [0.1, 0.15) is 142 Å². The molecule has 4 aliphatic heterocycles. The standard InChI is InChI=1S/C18H35N2O5P.C17H31N2O4P.C15H29N2O3P.3CH4O/c1-13(2)20(14(3)4)26(23-10-9-19-7)25-18-16(6)24-15(5)17(18)22-12-11-21-8;1-11(2)19(12(3)4)24(20-10-9-18-8)23-16-15-13(5)22-17(16,7)14(6)21-15;1-11(2)17(12(3)4)21(18-9-8-16-7)20-15-10-13(5)19-14(15)6;3*1-2/h13-18H,9-12H2,1-6,8H3;11-16H,9-10H2,1-7H3;11-15H,8-10H2,1-6H3;3*2H,1H3/t15-,16+,17-,18+,26?;13-,14-,15-,16-,17-,24?;13-,14+,15-,21?;;;/m000.../s1/i6D;7D;6D;3*2T. The Hall–Kier alpha value is -0.960. The SMILES string of the molecule is [2H]C[C@H]1O[C@@H](C)C[C@@H]1OP(OCC[N+]#[C-])N(C(C)C)C(C)C.[2H]C[C@H]1O[C@@H](C)[C@H](OCCOC)[C@@H]1OP(OCC[N+]#[C-])N(C(C)C)C(C)C.[2H]C[C@]12O[C@@H](C)[C@H](O[C@H]1C)[C@@H]2OP(OCC[N+]#[C-])N(C(C)C)C(C)C.[3H]OC.[3H]OC.[3H]OC. The van der Waals surface area contributed by atoms with Crippen LogP contribution in [-0.4, -0.2) is 224 Å². The van der Waals surface area contributed by atoms with Crippen molar-refractivity contribution in [3.63, 3.8) is 0 Å². The van der Waals surface area contributed by atoms with Gasteiger partial charge in [-0.05, 0) is 131 Å². The van der Waals surface area contributed by atoms with Crippen LogP contribution in [0.25, 0.3) is 14.5 Å². The van der Waals surface area contributed by atoms with Crippen molar-refractivity contribution in [2.45, 2.75) is 247 Å². The number of methoxy groups -OCH3 is 1. The molecule has 0 saturated carbocycles. The number of aliphatic hydroxyl groups excluding tert-OH is 3. The lowest BCUT2D eigenvalue weighted by molar-refractivity contribution is -0.167. The zero-order valence-corrected chi connectivity index (χ0v) is 53.1. The summed E-state index contributed by atoms with van der Waals surface area (Å²) in [6.07, 6.45) is -1.40. The lowest BCUT2D eigenvalue weighted by atomic mass is 9.96. The average Bonchev–Trinajstić information content (AvgIpc) is 4.27. The smallest absolute Gasteiger partial charge is 0.259 e. The largest absolute Gasteiger partial charge is 0.400 e. The van der Waals surface area contributed by atoms with Crippen molar-refractivity contribution in [2.24, 2.45) is 0 Å². The highest BCUT2D eigenvalue weighted by atomic mass is 31.2. The van der Waals surface area contributed by atoms with Crippen LogP contribution in [0.5, 0.6) is 0 Å². The molecule has 77 heavy (non-hydrogen) atoms. The summed E-state index contributed by atoms with van der Waals surface area (Å²) in [5, 5.41) is 10.5. The van der Waals surface area contributed by atoms with Gasteiger partial charge in [0, 0.05) is 75.2 Å². The van der Waals surface area contributed by atoms with Crippen molar-refractivity contribution in [3.05, 3.63) is 34.3 Å². The normalized spacial score (nSPS) is 29.5. The fourth-order valence-electron chi connectivity index (χ4n) is 8.77. The summed E-state index contributed by atoms with van der Waals surface area (Å²) in [4.78, 5) is 10.1. The molecule has 24 heteroatoms. The average molecular weight is 1170 g/mol. The van der Waals surface area contributed by atoms with Crippen LogP contribution in [0.3, 0.4) is 0 Å². The molecule has 0 aromatic heterocycles. The molecule has 0 radical (unpaired) electrons. The van der Waals surface area contributed by atoms with Gasteiger partial charge in [-0.25, -0.2) is 33.7 Å².